The Morgan fingerprint density at radius 2 is 1.92 bits per heavy atom. The zero-order valence-electron chi connectivity index (χ0n) is 7.77. The van der Waals surface area contributed by atoms with Gasteiger partial charge in [0.15, 0.2) is 0 Å². The number of allylic oxidation sites excluding steroid dienone is 1. The summed E-state index contributed by atoms with van der Waals surface area (Å²) in [6, 6.07) is 8.10. The van der Waals surface area contributed by atoms with Gasteiger partial charge in [0, 0.05) is 13.3 Å². The first-order valence-corrected chi connectivity index (χ1v) is 4.19. The standard InChI is InChI=1S/C12H13N/c1-3-11-7-4-5-8-12(11)9-6-10-13-2/h3-10H,1H2,2H3/b9-6-,13-10-. The predicted octanol–water partition coefficient (Wildman–Crippen LogP) is 3.04. The Hall–Kier alpha value is -1.63. The van der Waals surface area contributed by atoms with Crippen molar-refractivity contribution >= 4 is 18.4 Å². The first kappa shape index (κ1) is 9.46. The van der Waals surface area contributed by atoms with E-state index in [1.165, 1.54) is 0 Å². The third kappa shape index (κ3) is 2.71. The second-order valence-electron chi connectivity index (χ2n) is 2.60. The lowest BCUT2D eigenvalue weighted by atomic mass is 10.1. The minimum absolute atomic E-state index is 1.14. The molecule has 0 heterocycles. The Morgan fingerprint density at radius 1 is 1.23 bits per heavy atom. The minimum Gasteiger partial charge on any atom is -0.297 e. The average molecular weight is 171 g/mol. The van der Waals surface area contributed by atoms with Crippen molar-refractivity contribution in [3.8, 4) is 0 Å². The Morgan fingerprint density at radius 3 is 2.54 bits per heavy atom. The van der Waals surface area contributed by atoms with Gasteiger partial charge in [0.2, 0.25) is 0 Å². The van der Waals surface area contributed by atoms with Crippen molar-refractivity contribution in [3.63, 3.8) is 0 Å². The summed E-state index contributed by atoms with van der Waals surface area (Å²) in [5.74, 6) is 0. The maximum atomic E-state index is 3.87. The van der Waals surface area contributed by atoms with Gasteiger partial charge >= 0.3 is 0 Å². The molecule has 0 aliphatic heterocycles. The Balaban J connectivity index is 2.93. The zero-order chi connectivity index (χ0) is 9.52. The largest absolute Gasteiger partial charge is 0.297 e. The summed E-state index contributed by atoms with van der Waals surface area (Å²) in [5, 5.41) is 0. The Labute approximate surface area is 79.1 Å². The molecule has 0 saturated heterocycles. The van der Waals surface area contributed by atoms with Crippen LogP contribution in [0.1, 0.15) is 11.1 Å². The quantitative estimate of drug-likeness (QED) is 0.620. The number of hydrogen-bond donors (Lipinski definition) is 0. The normalized spacial score (nSPS) is 11.2. The summed E-state index contributed by atoms with van der Waals surface area (Å²) in [6.07, 6.45) is 7.55. The number of nitrogens with zero attached hydrogens (tertiary/aromatic N) is 1. The highest BCUT2D eigenvalue weighted by Crippen LogP contribution is 2.11. The van der Waals surface area contributed by atoms with E-state index in [1.54, 1.807) is 13.3 Å². The van der Waals surface area contributed by atoms with Gasteiger partial charge in [-0.15, -0.1) is 0 Å². The first-order chi connectivity index (χ1) is 6.38. The van der Waals surface area contributed by atoms with Crippen molar-refractivity contribution in [2.45, 2.75) is 0 Å². The Bertz CT molecular complexity index is 335. The molecule has 1 aromatic rings. The molecule has 1 aromatic carbocycles. The molecule has 0 unspecified atom stereocenters. The van der Waals surface area contributed by atoms with Crippen molar-refractivity contribution < 1.29 is 0 Å². The van der Waals surface area contributed by atoms with E-state index in [2.05, 4.69) is 17.6 Å². The molecule has 0 radical (unpaired) electrons. The van der Waals surface area contributed by atoms with Gasteiger partial charge in [-0.2, -0.15) is 0 Å². The van der Waals surface area contributed by atoms with E-state index in [0.29, 0.717) is 0 Å². The van der Waals surface area contributed by atoms with E-state index in [4.69, 9.17) is 0 Å². The molecule has 0 spiro atoms. The molecule has 66 valence electrons. The molecular formula is C12H13N. The van der Waals surface area contributed by atoms with Crippen LogP contribution in [0.3, 0.4) is 0 Å². The van der Waals surface area contributed by atoms with Gasteiger partial charge in [-0.3, -0.25) is 4.99 Å². The zero-order valence-corrected chi connectivity index (χ0v) is 7.77. The predicted molar refractivity (Wildman–Crippen MR) is 60.0 cm³/mol. The van der Waals surface area contributed by atoms with Gasteiger partial charge in [-0.1, -0.05) is 43.0 Å². The fourth-order valence-corrected chi connectivity index (χ4v) is 1.08. The van der Waals surface area contributed by atoms with Crippen LogP contribution >= 0.6 is 0 Å². The highest BCUT2D eigenvalue weighted by molar-refractivity contribution is 5.79. The average Bonchev–Trinajstić information content (AvgIpc) is 2.19. The summed E-state index contributed by atoms with van der Waals surface area (Å²) < 4.78 is 0. The second-order valence-corrected chi connectivity index (χ2v) is 2.60. The van der Waals surface area contributed by atoms with Crippen LogP contribution in [-0.2, 0) is 0 Å². The summed E-state index contributed by atoms with van der Waals surface area (Å²) in [5.41, 5.74) is 2.31. The fraction of sp³-hybridized carbons (Fsp3) is 0.0833. The maximum Gasteiger partial charge on any atom is 0.0277 e. The van der Waals surface area contributed by atoms with Crippen LogP contribution in [0.25, 0.3) is 12.2 Å². The topological polar surface area (TPSA) is 12.4 Å². The van der Waals surface area contributed by atoms with Crippen LogP contribution in [0.2, 0.25) is 0 Å². The number of aliphatic imine (C=N–C) groups is 1. The van der Waals surface area contributed by atoms with Crippen LogP contribution in [0.4, 0.5) is 0 Å². The number of rotatable bonds is 3. The molecular weight excluding hydrogens is 158 g/mol. The molecule has 1 nitrogen and oxygen atoms in total. The van der Waals surface area contributed by atoms with E-state index < -0.39 is 0 Å². The van der Waals surface area contributed by atoms with E-state index in [-0.39, 0.29) is 0 Å². The van der Waals surface area contributed by atoms with Crippen LogP contribution in [0.15, 0.2) is 41.9 Å². The highest BCUT2D eigenvalue weighted by Gasteiger charge is 1.90. The van der Waals surface area contributed by atoms with Crippen LogP contribution < -0.4 is 0 Å². The molecule has 0 amide bonds. The van der Waals surface area contributed by atoms with E-state index >= 15 is 0 Å². The molecule has 0 aliphatic carbocycles. The molecule has 0 saturated carbocycles. The monoisotopic (exact) mass is 171 g/mol. The van der Waals surface area contributed by atoms with Gasteiger partial charge < -0.3 is 0 Å². The van der Waals surface area contributed by atoms with Crippen molar-refractivity contribution in [3.05, 3.63) is 48.0 Å². The number of benzene rings is 1. The van der Waals surface area contributed by atoms with E-state index in [0.717, 1.165) is 11.1 Å². The minimum atomic E-state index is 1.14. The smallest absolute Gasteiger partial charge is 0.0277 e. The van der Waals surface area contributed by atoms with Crippen molar-refractivity contribution in [1.29, 1.82) is 0 Å². The fourth-order valence-electron chi connectivity index (χ4n) is 1.08. The lowest BCUT2D eigenvalue weighted by Gasteiger charge is -1.97. The first-order valence-electron chi connectivity index (χ1n) is 4.19. The van der Waals surface area contributed by atoms with Gasteiger partial charge in [-0.05, 0) is 17.2 Å². The van der Waals surface area contributed by atoms with Crippen LogP contribution in [0, 0.1) is 0 Å². The molecule has 0 N–H and O–H groups in total. The van der Waals surface area contributed by atoms with Crippen molar-refractivity contribution in [2.75, 3.05) is 7.05 Å². The molecule has 0 bridgehead atoms. The summed E-state index contributed by atoms with van der Waals surface area (Å²) in [6.45, 7) is 3.75. The summed E-state index contributed by atoms with van der Waals surface area (Å²) >= 11 is 0. The molecule has 0 aromatic heterocycles. The summed E-state index contributed by atoms with van der Waals surface area (Å²) in [7, 11) is 1.75. The third-order valence-electron chi connectivity index (χ3n) is 1.73. The van der Waals surface area contributed by atoms with Gasteiger partial charge in [0.05, 0.1) is 0 Å². The lowest BCUT2D eigenvalue weighted by molar-refractivity contribution is 1.48. The maximum absolute atomic E-state index is 3.87. The molecule has 1 rings (SSSR count). The van der Waals surface area contributed by atoms with Gasteiger partial charge in [0.1, 0.15) is 0 Å². The van der Waals surface area contributed by atoms with Gasteiger partial charge in [-0.25, -0.2) is 0 Å². The van der Waals surface area contributed by atoms with Crippen molar-refractivity contribution in [2.24, 2.45) is 4.99 Å². The lowest BCUT2D eigenvalue weighted by Crippen LogP contribution is -1.78. The third-order valence-corrected chi connectivity index (χ3v) is 1.73. The number of hydrogen-bond acceptors (Lipinski definition) is 1. The molecule has 0 aliphatic rings. The van der Waals surface area contributed by atoms with E-state index in [1.807, 2.05) is 36.4 Å². The molecule has 0 fully saturated rings. The molecule has 13 heavy (non-hydrogen) atoms. The second kappa shape index (κ2) is 5.09. The highest BCUT2D eigenvalue weighted by atomic mass is 14.6. The van der Waals surface area contributed by atoms with Gasteiger partial charge in [0.25, 0.3) is 0 Å². The Kier molecular flexibility index (Phi) is 3.71. The van der Waals surface area contributed by atoms with E-state index in [9.17, 15) is 0 Å². The molecule has 0 atom stereocenters. The van der Waals surface area contributed by atoms with Crippen molar-refractivity contribution in [1.82, 2.24) is 0 Å². The van der Waals surface area contributed by atoms with Crippen LogP contribution in [0.5, 0.6) is 0 Å². The van der Waals surface area contributed by atoms with Crippen LogP contribution in [-0.4, -0.2) is 13.3 Å². The summed E-state index contributed by atoms with van der Waals surface area (Å²) in [4.78, 5) is 3.87. The molecule has 1 heteroatoms. The SMILES string of the molecule is C=Cc1ccccc1/C=C\C=N/C.